The Morgan fingerprint density at radius 2 is 1.23 bits per heavy atom. The topological polar surface area (TPSA) is 112 Å². The second-order valence-electron chi connectivity index (χ2n) is 9.69. The van der Waals surface area contributed by atoms with Crippen LogP contribution < -0.4 is 4.74 Å². The van der Waals surface area contributed by atoms with Crippen molar-refractivity contribution in [2.24, 2.45) is 5.92 Å². The number of aromatic hydroxyl groups is 1. The average molecular weight is 567 g/mol. The lowest BCUT2D eigenvalue weighted by Crippen LogP contribution is -2.25. The zero-order valence-corrected chi connectivity index (χ0v) is 22.9. The molecule has 2 aromatic carbocycles. The van der Waals surface area contributed by atoms with Gasteiger partial charge >= 0.3 is 0 Å². The maximum Gasteiger partial charge on any atom is 0.153 e. The molecule has 40 heavy (non-hydrogen) atoms. The molecule has 0 bridgehead atoms. The lowest BCUT2D eigenvalue weighted by Gasteiger charge is -2.23. The highest BCUT2D eigenvalue weighted by Gasteiger charge is 2.16. The number of rotatable bonds is 4. The van der Waals surface area contributed by atoms with Gasteiger partial charge in [0, 0.05) is 39.3 Å². The van der Waals surface area contributed by atoms with E-state index in [4.69, 9.17) is 29.2 Å². The summed E-state index contributed by atoms with van der Waals surface area (Å²) in [7, 11) is 0. The second kappa shape index (κ2) is 19.2. The maximum absolute atomic E-state index is 13.0. The summed E-state index contributed by atoms with van der Waals surface area (Å²) in [4.78, 5) is 20.6. The maximum atomic E-state index is 13.0. The van der Waals surface area contributed by atoms with E-state index in [0.29, 0.717) is 31.5 Å². The summed E-state index contributed by atoms with van der Waals surface area (Å²) in [5.41, 5.74) is -0.0930. The van der Waals surface area contributed by atoms with Gasteiger partial charge in [-0.15, -0.1) is 0 Å². The molecule has 3 heterocycles. The Morgan fingerprint density at radius 3 is 1.65 bits per heavy atom. The first kappa shape index (κ1) is 33.3. The highest BCUT2D eigenvalue weighted by molar-refractivity contribution is 5.76. The minimum atomic E-state index is -0.618. The molecular formula is C30H40F2O8. The first-order valence-electron chi connectivity index (χ1n) is 13.6. The molecule has 3 saturated heterocycles. The highest BCUT2D eigenvalue weighted by atomic mass is 19.1. The van der Waals surface area contributed by atoms with E-state index >= 15 is 0 Å². The molecule has 0 radical (unpaired) electrons. The number of benzene rings is 2. The van der Waals surface area contributed by atoms with Crippen molar-refractivity contribution in [3.8, 4) is 11.5 Å². The second-order valence-corrected chi connectivity index (χ2v) is 9.69. The number of halogens is 2. The number of ether oxygens (including phenoxy) is 4. The van der Waals surface area contributed by atoms with Gasteiger partial charge < -0.3 is 29.2 Å². The van der Waals surface area contributed by atoms with Crippen LogP contribution in [0.1, 0.15) is 66.2 Å². The molecule has 5 rings (SSSR count). The molecule has 8 nitrogen and oxygen atoms in total. The molecule has 0 spiro atoms. The van der Waals surface area contributed by atoms with Gasteiger partial charge in [-0.1, -0.05) is 6.92 Å². The van der Waals surface area contributed by atoms with Crippen molar-refractivity contribution in [1.82, 2.24) is 0 Å². The van der Waals surface area contributed by atoms with Gasteiger partial charge in [-0.3, -0.25) is 9.59 Å². The average Bonchev–Trinajstić information content (AvgIpc) is 2.98. The molecule has 0 aromatic heterocycles. The van der Waals surface area contributed by atoms with Crippen molar-refractivity contribution in [3.63, 3.8) is 0 Å². The van der Waals surface area contributed by atoms with Crippen LogP contribution in [-0.4, -0.2) is 74.6 Å². The van der Waals surface area contributed by atoms with Crippen LogP contribution in [0.2, 0.25) is 0 Å². The number of hydrogen-bond donors (Lipinski definition) is 2. The number of aliphatic hydroxyl groups excluding tert-OH is 1. The molecule has 3 aliphatic rings. The minimum absolute atomic E-state index is 0.0320. The van der Waals surface area contributed by atoms with Gasteiger partial charge in [0.15, 0.2) is 12.6 Å². The summed E-state index contributed by atoms with van der Waals surface area (Å²) < 4.78 is 46.4. The fourth-order valence-electron chi connectivity index (χ4n) is 3.79. The molecule has 0 saturated carbocycles. The van der Waals surface area contributed by atoms with Crippen LogP contribution >= 0.6 is 0 Å². The smallest absolute Gasteiger partial charge is 0.153 e. The van der Waals surface area contributed by atoms with E-state index in [2.05, 4.69) is 6.92 Å². The fraction of sp³-hybridized carbons (Fsp3) is 0.533. The van der Waals surface area contributed by atoms with Crippen molar-refractivity contribution >= 4 is 12.6 Å². The largest absolute Gasteiger partial charge is 0.508 e. The SMILES string of the molecule is CC1CCOCC1.O=Cc1cc(O)ccc1F.O=Cc1cc(OC2CCOCC2)ccc1F.OC1CCOCC1. The molecule has 2 aromatic rings. The monoisotopic (exact) mass is 566 g/mol. The number of hydrogen-bond acceptors (Lipinski definition) is 8. The molecule has 3 aliphatic heterocycles. The normalized spacial score (nSPS) is 18.0. The number of carbonyl (C=O) groups excluding carboxylic acids is 2. The molecule has 0 atom stereocenters. The Hall–Kier alpha value is -2.92. The Labute approximate surface area is 234 Å². The van der Waals surface area contributed by atoms with Gasteiger partial charge in [0.25, 0.3) is 0 Å². The van der Waals surface area contributed by atoms with E-state index in [1.807, 2.05) is 0 Å². The van der Waals surface area contributed by atoms with Gasteiger partial charge in [-0.25, -0.2) is 8.78 Å². The Morgan fingerprint density at radius 1 is 0.750 bits per heavy atom. The zero-order valence-electron chi connectivity index (χ0n) is 22.9. The van der Waals surface area contributed by atoms with Crippen LogP contribution in [0.5, 0.6) is 11.5 Å². The zero-order chi connectivity index (χ0) is 29.2. The molecule has 0 aliphatic carbocycles. The lowest BCUT2D eigenvalue weighted by molar-refractivity contribution is 0.0140. The van der Waals surface area contributed by atoms with Crippen LogP contribution in [0, 0.1) is 17.6 Å². The van der Waals surface area contributed by atoms with Gasteiger partial charge in [0.1, 0.15) is 29.2 Å². The summed E-state index contributed by atoms with van der Waals surface area (Å²) >= 11 is 0. The van der Waals surface area contributed by atoms with Crippen LogP contribution in [0.3, 0.4) is 0 Å². The van der Waals surface area contributed by atoms with Gasteiger partial charge in [0.05, 0.1) is 30.4 Å². The van der Waals surface area contributed by atoms with Crippen LogP contribution in [-0.2, 0) is 14.2 Å². The Balaban J connectivity index is 0.000000200. The molecule has 0 unspecified atom stereocenters. The summed E-state index contributed by atoms with van der Waals surface area (Å²) in [5.74, 6) is 0.203. The standard InChI is InChI=1S/C12H13FO3.C7H5FO2.C6H12O.C5H10O2/c13-12-2-1-11(7-9(12)8-14)16-10-3-5-15-6-4-10;8-7-2-1-6(10)3-5(7)4-9;1-6-2-4-7-5-3-6;6-5-1-3-7-4-2-5/h1-2,7-8,10H,3-6H2;1-4,10H;6H,2-5H2,1H3;5-6H,1-4H2. The molecule has 3 fully saturated rings. The number of aliphatic hydroxyl groups is 1. The third-order valence-corrected chi connectivity index (χ3v) is 6.37. The van der Waals surface area contributed by atoms with Gasteiger partial charge in [-0.2, -0.15) is 0 Å². The third-order valence-electron chi connectivity index (χ3n) is 6.37. The Kier molecular flexibility index (Phi) is 16.0. The van der Waals surface area contributed by atoms with Crippen molar-refractivity contribution < 1.29 is 47.5 Å². The first-order valence-corrected chi connectivity index (χ1v) is 13.6. The summed E-state index contributed by atoms with van der Waals surface area (Å²) in [5, 5.41) is 17.6. The predicted octanol–water partition coefficient (Wildman–Crippen LogP) is 5.13. The first-order chi connectivity index (χ1) is 19.3. The van der Waals surface area contributed by atoms with Crippen LogP contribution in [0.25, 0.3) is 0 Å². The van der Waals surface area contributed by atoms with E-state index in [1.165, 1.54) is 37.1 Å². The van der Waals surface area contributed by atoms with E-state index in [9.17, 15) is 18.4 Å². The molecule has 10 heteroatoms. The number of aldehydes is 2. The molecule has 222 valence electrons. The van der Waals surface area contributed by atoms with Crippen LogP contribution in [0.4, 0.5) is 8.78 Å². The molecular weight excluding hydrogens is 526 g/mol. The minimum Gasteiger partial charge on any atom is -0.508 e. The third kappa shape index (κ3) is 13.4. The quantitative estimate of drug-likeness (QED) is 0.490. The highest BCUT2D eigenvalue weighted by Crippen LogP contribution is 2.20. The summed E-state index contributed by atoms with van der Waals surface area (Å²) in [6.07, 6.45) is 6.68. The van der Waals surface area contributed by atoms with E-state index in [-0.39, 0.29) is 29.1 Å². The van der Waals surface area contributed by atoms with Gasteiger partial charge in [-0.05, 0) is 68.0 Å². The van der Waals surface area contributed by atoms with Crippen LogP contribution in [0.15, 0.2) is 36.4 Å². The lowest BCUT2D eigenvalue weighted by atomic mass is 10.0. The van der Waals surface area contributed by atoms with Crippen molar-refractivity contribution in [2.45, 2.75) is 57.7 Å². The summed E-state index contributed by atoms with van der Waals surface area (Å²) in [6, 6.07) is 7.51. The van der Waals surface area contributed by atoms with E-state index in [1.54, 1.807) is 0 Å². The molecule has 0 amide bonds. The number of phenols is 1. The van der Waals surface area contributed by atoms with Crippen molar-refractivity contribution in [1.29, 1.82) is 0 Å². The van der Waals surface area contributed by atoms with E-state index < -0.39 is 11.6 Å². The predicted molar refractivity (Wildman–Crippen MR) is 145 cm³/mol. The number of phenolic OH excluding ortho intramolecular Hbond substituents is 1. The summed E-state index contributed by atoms with van der Waals surface area (Å²) in [6.45, 7) is 7.10. The molecule has 2 N–H and O–H groups in total. The van der Waals surface area contributed by atoms with Crippen molar-refractivity contribution in [2.75, 3.05) is 39.6 Å². The number of carbonyl (C=O) groups is 2. The Bertz CT molecular complexity index is 985. The van der Waals surface area contributed by atoms with Gasteiger partial charge in [0.2, 0.25) is 0 Å². The fourth-order valence-corrected chi connectivity index (χ4v) is 3.79. The van der Waals surface area contributed by atoms with E-state index in [0.717, 1.165) is 70.2 Å². The van der Waals surface area contributed by atoms with Crippen molar-refractivity contribution in [3.05, 3.63) is 59.2 Å².